The smallest absolute Gasteiger partial charge is 0.453 e. The Bertz CT molecular complexity index is 1140. The second-order valence-electron chi connectivity index (χ2n) is 6.29. The Morgan fingerprint density at radius 3 is 2.17 bits per heavy atom. The van der Waals surface area contributed by atoms with Crippen LogP contribution in [0.2, 0.25) is 0 Å². The lowest BCUT2D eigenvalue weighted by Crippen LogP contribution is -2.25. The van der Waals surface area contributed by atoms with E-state index >= 15 is 0 Å². The Morgan fingerprint density at radius 1 is 1.00 bits per heavy atom. The van der Waals surface area contributed by atoms with Crippen LogP contribution in [-0.4, -0.2) is 32.2 Å². The number of hydrogen-bond donors (Lipinski definition) is 0. The molecule has 0 aliphatic rings. The van der Waals surface area contributed by atoms with Crippen molar-refractivity contribution < 1.29 is 36.6 Å². The van der Waals surface area contributed by atoms with Crippen molar-refractivity contribution in [3.05, 3.63) is 58.4 Å². The summed E-state index contributed by atoms with van der Waals surface area (Å²) in [5.41, 5.74) is -1.43. The van der Waals surface area contributed by atoms with Gasteiger partial charge in [-0.15, -0.1) is 0 Å². The Balaban J connectivity index is 2.10. The van der Waals surface area contributed by atoms with Gasteiger partial charge in [0.2, 0.25) is 11.2 Å². The molecular weight excluding hydrogens is 407 g/mol. The molecule has 0 saturated carbocycles. The minimum absolute atomic E-state index is 0.00974. The van der Waals surface area contributed by atoms with Crippen LogP contribution in [0.3, 0.4) is 0 Å². The normalized spacial score (nSPS) is 11.3. The highest BCUT2D eigenvalue weighted by Gasteiger charge is 2.40. The molecule has 1 aromatic heterocycles. The Hall–Kier alpha value is -3.69. The number of carbonyl (C=O) groups is 1. The van der Waals surface area contributed by atoms with E-state index in [1.165, 1.54) is 57.6 Å². The molecular formula is C20H16F3NO6. The zero-order valence-electron chi connectivity index (χ0n) is 16.1. The number of hydrogen-bond acceptors (Lipinski definition) is 6. The molecule has 0 fully saturated rings. The molecule has 3 aromatic rings. The number of alkyl halides is 3. The highest BCUT2D eigenvalue weighted by Crippen LogP contribution is 2.38. The number of benzene rings is 2. The molecule has 0 unspecified atom stereocenters. The number of ether oxygens (including phenoxy) is 3. The number of methoxy groups -OCH3 is 1. The molecule has 30 heavy (non-hydrogen) atoms. The van der Waals surface area contributed by atoms with Gasteiger partial charge >= 0.3 is 12.3 Å². The number of halogens is 3. The van der Waals surface area contributed by atoms with Crippen molar-refractivity contribution in [2.24, 2.45) is 0 Å². The highest BCUT2D eigenvalue weighted by molar-refractivity contribution is 5.81. The summed E-state index contributed by atoms with van der Waals surface area (Å²) in [5.74, 6) is -2.24. The van der Waals surface area contributed by atoms with Crippen LogP contribution in [-0.2, 0) is 6.18 Å². The molecule has 0 radical (unpaired) electrons. The summed E-state index contributed by atoms with van der Waals surface area (Å²) in [4.78, 5) is 25.5. The SMILES string of the molecule is COc1ccc(Oc2c(C(F)(F)F)oc3cc(OC(=O)N(C)C)ccc3c2=O)cc1. The lowest BCUT2D eigenvalue weighted by Gasteiger charge is -2.14. The van der Waals surface area contributed by atoms with Crippen molar-refractivity contribution in [3.8, 4) is 23.0 Å². The minimum Gasteiger partial charge on any atom is -0.497 e. The van der Waals surface area contributed by atoms with Gasteiger partial charge in [0.15, 0.2) is 0 Å². The summed E-state index contributed by atoms with van der Waals surface area (Å²) < 4.78 is 60.9. The van der Waals surface area contributed by atoms with Gasteiger partial charge < -0.3 is 23.5 Å². The van der Waals surface area contributed by atoms with Gasteiger partial charge in [0.25, 0.3) is 5.76 Å². The Morgan fingerprint density at radius 2 is 1.60 bits per heavy atom. The first-order chi connectivity index (χ1) is 14.1. The third-order valence-corrected chi connectivity index (χ3v) is 3.93. The summed E-state index contributed by atoms with van der Waals surface area (Å²) in [5, 5.41) is -0.170. The average molecular weight is 423 g/mol. The van der Waals surface area contributed by atoms with Crippen LogP contribution in [0.15, 0.2) is 51.7 Å². The minimum atomic E-state index is -5.01. The summed E-state index contributed by atoms with van der Waals surface area (Å²) in [7, 11) is 4.31. The number of rotatable bonds is 4. The van der Waals surface area contributed by atoms with Gasteiger partial charge in [-0.3, -0.25) is 4.79 Å². The molecule has 0 aliphatic heterocycles. The summed E-state index contributed by atoms with van der Waals surface area (Å²) in [6, 6.07) is 9.14. The number of carbonyl (C=O) groups excluding carboxylic acids is 1. The monoisotopic (exact) mass is 423 g/mol. The second kappa shape index (κ2) is 7.97. The predicted molar refractivity (Wildman–Crippen MR) is 100 cm³/mol. The molecule has 2 aromatic carbocycles. The van der Waals surface area contributed by atoms with Crippen molar-refractivity contribution in [1.29, 1.82) is 0 Å². The fourth-order valence-corrected chi connectivity index (χ4v) is 2.45. The van der Waals surface area contributed by atoms with Gasteiger partial charge in [0.05, 0.1) is 12.5 Å². The topological polar surface area (TPSA) is 78.2 Å². The van der Waals surface area contributed by atoms with Crippen LogP contribution in [0.4, 0.5) is 18.0 Å². The largest absolute Gasteiger partial charge is 0.497 e. The van der Waals surface area contributed by atoms with Crippen molar-refractivity contribution in [2.75, 3.05) is 21.2 Å². The van der Waals surface area contributed by atoms with Crippen LogP contribution < -0.4 is 19.6 Å². The van der Waals surface area contributed by atoms with Crippen molar-refractivity contribution in [1.82, 2.24) is 4.90 Å². The van der Waals surface area contributed by atoms with E-state index in [2.05, 4.69) is 0 Å². The van der Waals surface area contributed by atoms with E-state index in [0.29, 0.717) is 5.75 Å². The lowest BCUT2D eigenvalue weighted by molar-refractivity contribution is -0.154. The van der Waals surface area contributed by atoms with Crippen LogP contribution in [0, 0.1) is 0 Å². The third-order valence-electron chi connectivity index (χ3n) is 3.93. The van der Waals surface area contributed by atoms with E-state index in [9.17, 15) is 22.8 Å². The molecule has 7 nitrogen and oxygen atoms in total. The van der Waals surface area contributed by atoms with Crippen LogP contribution in [0.5, 0.6) is 23.0 Å². The van der Waals surface area contributed by atoms with E-state index in [1.54, 1.807) is 0 Å². The second-order valence-corrected chi connectivity index (χ2v) is 6.29. The first-order valence-corrected chi connectivity index (χ1v) is 8.49. The lowest BCUT2D eigenvalue weighted by atomic mass is 10.2. The van der Waals surface area contributed by atoms with E-state index < -0.39 is 34.8 Å². The average Bonchev–Trinajstić information content (AvgIpc) is 2.69. The van der Waals surface area contributed by atoms with Crippen molar-refractivity contribution in [2.45, 2.75) is 6.18 Å². The predicted octanol–water partition coefficient (Wildman–Crippen LogP) is 4.67. The maximum absolute atomic E-state index is 13.6. The molecule has 0 aliphatic carbocycles. The van der Waals surface area contributed by atoms with Gasteiger partial charge in [0, 0.05) is 20.2 Å². The fraction of sp³-hybridized carbons (Fsp3) is 0.200. The molecule has 0 atom stereocenters. The number of amides is 1. The highest BCUT2D eigenvalue weighted by atomic mass is 19.4. The van der Waals surface area contributed by atoms with Crippen molar-refractivity contribution in [3.63, 3.8) is 0 Å². The molecule has 0 N–H and O–H groups in total. The number of fused-ring (bicyclic) bond motifs is 1. The van der Waals surface area contributed by atoms with Crippen molar-refractivity contribution >= 4 is 17.1 Å². The van der Waals surface area contributed by atoms with E-state index in [4.69, 9.17) is 18.6 Å². The standard InChI is InChI=1S/C20H16F3NO6/c1-24(2)19(26)29-13-8-9-14-15(10-13)30-18(20(21,22)23)17(16(14)25)28-12-6-4-11(27-3)5-7-12/h4-10H,1-3H3. The van der Waals surface area contributed by atoms with Crippen LogP contribution in [0.1, 0.15) is 5.76 Å². The van der Waals surface area contributed by atoms with Gasteiger partial charge in [-0.05, 0) is 36.4 Å². The first kappa shape index (κ1) is 21.0. The fourth-order valence-electron chi connectivity index (χ4n) is 2.45. The van der Waals surface area contributed by atoms with Gasteiger partial charge in [-0.1, -0.05) is 0 Å². The molecule has 0 saturated heterocycles. The van der Waals surface area contributed by atoms with Crippen LogP contribution in [0.25, 0.3) is 11.0 Å². The number of nitrogens with zero attached hydrogens (tertiary/aromatic N) is 1. The summed E-state index contributed by atoms with van der Waals surface area (Å²) in [6.07, 6.45) is -5.75. The molecule has 3 rings (SSSR count). The molecule has 0 bridgehead atoms. The van der Waals surface area contributed by atoms with Gasteiger partial charge in [-0.2, -0.15) is 13.2 Å². The Kier molecular flexibility index (Phi) is 5.59. The van der Waals surface area contributed by atoms with E-state index in [-0.39, 0.29) is 16.9 Å². The maximum Gasteiger partial charge on any atom is 0.453 e. The summed E-state index contributed by atoms with van der Waals surface area (Å²) >= 11 is 0. The Labute approximate surface area is 168 Å². The molecule has 0 spiro atoms. The van der Waals surface area contributed by atoms with Crippen LogP contribution >= 0.6 is 0 Å². The molecule has 10 heteroatoms. The van der Waals surface area contributed by atoms with Gasteiger partial charge in [-0.25, -0.2) is 4.79 Å². The molecule has 1 heterocycles. The zero-order chi connectivity index (χ0) is 22.1. The van der Waals surface area contributed by atoms with E-state index in [1.807, 2.05) is 0 Å². The zero-order valence-corrected chi connectivity index (χ0v) is 16.1. The van der Waals surface area contributed by atoms with E-state index in [0.717, 1.165) is 11.0 Å². The first-order valence-electron chi connectivity index (χ1n) is 8.49. The quantitative estimate of drug-likeness (QED) is 0.607. The summed E-state index contributed by atoms with van der Waals surface area (Å²) in [6.45, 7) is 0. The molecule has 1 amide bonds. The molecule has 158 valence electrons. The third kappa shape index (κ3) is 4.32. The van der Waals surface area contributed by atoms with Gasteiger partial charge in [0.1, 0.15) is 22.8 Å². The maximum atomic E-state index is 13.6.